The van der Waals surface area contributed by atoms with Crippen molar-refractivity contribution in [2.24, 2.45) is 0 Å². The molecule has 7 heteroatoms. The SMILES string of the molecule is O=C(O)[C@@H]1C[C@@H](O)CN1C(=O)CCOc1ccc(Br)cc1. The van der Waals surface area contributed by atoms with Crippen molar-refractivity contribution < 1.29 is 24.5 Å². The predicted molar refractivity (Wildman–Crippen MR) is 78.0 cm³/mol. The van der Waals surface area contributed by atoms with Gasteiger partial charge in [-0.15, -0.1) is 0 Å². The molecule has 1 aliphatic rings. The molecule has 0 bridgehead atoms. The molecule has 1 aliphatic heterocycles. The van der Waals surface area contributed by atoms with Crippen LogP contribution in [-0.4, -0.2) is 52.3 Å². The number of ether oxygens (including phenoxy) is 1. The zero-order valence-corrected chi connectivity index (χ0v) is 12.8. The summed E-state index contributed by atoms with van der Waals surface area (Å²) in [7, 11) is 0. The van der Waals surface area contributed by atoms with Gasteiger partial charge < -0.3 is 19.8 Å². The third-order valence-corrected chi connectivity index (χ3v) is 3.81. The maximum Gasteiger partial charge on any atom is 0.326 e. The molecule has 6 nitrogen and oxygen atoms in total. The fourth-order valence-corrected chi connectivity index (χ4v) is 2.52. The molecule has 1 fully saturated rings. The first-order valence-corrected chi connectivity index (χ1v) is 7.35. The summed E-state index contributed by atoms with van der Waals surface area (Å²) in [6.07, 6.45) is -0.622. The van der Waals surface area contributed by atoms with Gasteiger partial charge in [-0.2, -0.15) is 0 Å². The highest BCUT2D eigenvalue weighted by molar-refractivity contribution is 9.10. The number of carboxylic acid groups (broad SMARTS) is 1. The number of rotatable bonds is 5. The molecule has 1 aromatic carbocycles. The second kappa shape index (κ2) is 6.91. The third-order valence-electron chi connectivity index (χ3n) is 3.28. The number of halogens is 1. The number of likely N-dealkylation sites (tertiary alicyclic amines) is 1. The summed E-state index contributed by atoms with van der Waals surface area (Å²) in [6.45, 7) is 0.230. The Bertz CT molecular complexity index is 519. The molecule has 0 radical (unpaired) electrons. The van der Waals surface area contributed by atoms with Crippen molar-refractivity contribution in [3.63, 3.8) is 0 Å². The number of β-amino-alcohol motifs (C(OH)–C–C–N with tert-alkyl or cyclic N) is 1. The van der Waals surface area contributed by atoms with Gasteiger partial charge in [0.15, 0.2) is 0 Å². The summed E-state index contributed by atoms with van der Waals surface area (Å²) in [5, 5.41) is 18.5. The normalized spacial score (nSPS) is 21.3. The van der Waals surface area contributed by atoms with Gasteiger partial charge in [0.25, 0.3) is 0 Å². The van der Waals surface area contributed by atoms with Crippen molar-refractivity contribution >= 4 is 27.8 Å². The van der Waals surface area contributed by atoms with Gasteiger partial charge in [0.2, 0.25) is 5.91 Å². The minimum atomic E-state index is -1.09. The number of nitrogens with zero attached hydrogens (tertiary/aromatic N) is 1. The maximum atomic E-state index is 12.0. The van der Waals surface area contributed by atoms with Crippen LogP contribution in [0.3, 0.4) is 0 Å². The number of carbonyl (C=O) groups is 2. The van der Waals surface area contributed by atoms with Crippen molar-refractivity contribution in [2.45, 2.75) is 25.0 Å². The molecule has 2 atom stereocenters. The average Bonchev–Trinajstić information content (AvgIpc) is 2.83. The average molecular weight is 358 g/mol. The number of amides is 1. The van der Waals surface area contributed by atoms with E-state index in [1.165, 1.54) is 4.90 Å². The minimum absolute atomic E-state index is 0.0636. The Balaban J connectivity index is 1.84. The molecule has 1 aromatic rings. The van der Waals surface area contributed by atoms with Crippen LogP contribution in [0.1, 0.15) is 12.8 Å². The fraction of sp³-hybridized carbons (Fsp3) is 0.429. The Labute approximate surface area is 130 Å². The Kier molecular flexibility index (Phi) is 5.19. The van der Waals surface area contributed by atoms with E-state index in [0.29, 0.717) is 5.75 Å². The van der Waals surface area contributed by atoms with Gasteiger partial charge in [-0.05, 0) is 24.3 Å². The van der Waals surface area contributed by atoms with Crippen molar-refractivity contribution in [1.29, 1.82) is 0 Å². The zero-order valence-electron chi connectivity index (χ0n) is 11.2. The molecular weight excluding hydrogens is 342 g/mol. The van der Waals surface area contributed by atoms with E-state index in [9.17, 15) is 14.7 Å². The predicted octanol–water partition coefficient (Wildman–Crippen LogP) is 1.26. The van der Waals surface area contributed by atoms with E-state index in [-0.39, 0.29) is 31.9 Å². The van der Waals surface area contributed by atoms with Crippen LogP contribution in [0.15, 0.2) is 28.7 Å². The lowest BCUT2D eigenvalue weighted by molar-refractivity contribution is -0.148. The van der Waals surface area contributed by atoms with Gasteiger partial charge in [0.05, 0.1) is 19.1 Å². The lowest BCUT2D eigenvalue weighted by Crippen LogP contribution is -2.41. The summed E-state index contributed by atoms with van der Waals surface area (Å²) >= 11 is 3.31. The van der Waals surface area contributed by atoms with E-state index >= 15 is 0 Å². The smallest absolute Gasteiger partial charge is 0.326 e. The number of aliphatic carboxylic acids is 1. The van der Waals surface area contributed by atoms with Gasteiger partial charge in [-0.1, -0.05) is 15.9 Å². The number of hydrogen-bond donors (Lipinski definition) is 2. The topological polar surface area (TPSA) is 87.1 Å². The quantitative estimate of drug-likeness (QED) is 0.828. The van der Waals surface area contributed by atoms with Crippen LogP contribution in [0.2, 0.25) is 0 Å². The minimum Gasteiger partial charge on any atom is -0.493 e. The van der Waals surface area contributed by atoms with Crippen LogP contribution in [0, 0.1) is 0 Å². The van der Waals surface area contributed by atoms with Crippen molar-refractivity contribution in [1.82, 2.24) is 4.90 Å². The Morgan fingerprint density at radius 1 is 1.33 bits per heavy atom. The monoisotopic (exact) mass is 357 g/mol. The van der Waals surface area contributed by atoms with Gasteiger partial charge in [-0.3, -0.25) is 4.79 Å². The molecule has 0 aliphatic carbocycles. The van der Waals surface area contributed by atoms with Crippen molar-refractivity contribution in [2.75, 3.05) is 13.2 Å². The van der Waals surface area contributed by atoms with E-state index in [4.69, 9.17) is 9.84 Å². The molecule has 0 aromatic heterocycles. The van der Waals surface area contributed by atoms with Gasteiger partial charge in [0.1, 0.15) is 11.8 Å². The number of benzene rings is 1. The van der Waals surface area contributed by atoms with Crippen LogP contribution < -0.4 is 4.74 Å². The van der Waals surface area contributed by atoms with Crippen LogP contribution in [-0.2, 0) is 9.59 Å². The highest BCUT2D eigenvalue weighted by Gasteiger charge is 2.38. The largest absolute Gasteiger partial charge is 0.493 e. The number of carboxylic acids is 1. The summed E-state index contributed by atoms with van der Waals surface area (Å²) < 4.78 is 6.37. The highest BCUT2D eigenvalue weighted by Crippen LogP contribution is 2.20. The number of carbonyl (C=O) groups excluding carboxylic acids is 1. The molecule has 2 N–H and O–H groups in total. The standard InChI is InChI=1S/C14H16BrNO5/c15-9-1-3-11(4-2-9)21-6-5-13(18)16-8-10(17)7-12(16)14(19)20/h1-4,10,12,17H,5-8H2,(H,19,20)/t10-,12+/m1/s1. The second-order valence-electron chi connectivity index (χ2n) is 4.84. The van der Waals surface area contributed by atoms with E-state index < -0.39 is 18.1 Å². The molecule has 21 heavy (non-hydrogen) atoms. The zero-order chi connectivity index (χ0) is 15.4. The maximum absolute atomic E-state index is 12.0. The Hall–Kier alpha value is -1.60. The lowest BCUT2D eigenvalue weighted by Gasteiger charge is -2.21. The summed E-state index contributed by atoms with van der Waals surface area (Å²) in [6, 6.07) is 6.26. The number of aliphatic hydroxyl groups excluding tert-OH is 1. The Morgan fingerprint density at radius 2 is 2.00 bits per heavy atom. The molecule has 0 unspecified atom stereocenters. The van der Waals surface area contributed by atoms with Gasteiger partial charge >= 0.3 is 5.97 Å². The molecule has 114 valence electrons. The van der Waals surface area contributed by atoms with Crippen molar-refractivity contribution in [3.05, 3.63) is 28.7 Å². The molecule has 1 saturated heterocycles. The molecular formula is C14H16BrNO5. The van der Waals surface area contributed by atoms with E-state index in [0.717, 1.165) is 4.47 Å². The molecule has 0 saturated carbocycles. The van der Waals surface area contributed by atoms with Crippen LogP contribution >= 0.6 is 15.9 Å². The highest BCUT2D eigenvalue weighted by atomic mass is 79.9. The summed E-state index contributed by atoms with van der Waals surface area (Å²) in [5.74, 6) is -0.771. The first-order valence-electron chi connectivity index (χ1n) is 6.56. The Morgan fingerprint density at radius 3 is 2.62 bits per heavy atom. The lowest BCUT2D eigenvalue weighted by atomic mass is 10.2. The van der Waals surface area contributed by atoms with E-state index in [2.05, 4.69) is 15.9 Å². The van der Waals surface area contributed by atoms with Crippen LogP contribution in [0.25, 0.3) is 0 Å². The molecule has 2 rings (SSSR count). The van der Waals surface area contributed by atoms with Crippen LogP contribution in [0.5, 0.6) is 5.75 Å². The number of hydrogen-bond acceptors (Lipinski definition) is 4. The number of aliphatic hydroxyl groups is 1. The van der Waals surface area contributed by atoms with Gasteiger partial charge in [0, 0.05) is 17.4 Å². The van der Waals surface area contributed by atoms with Crippen molar-refractivity contribution in [3.8, 4) is 5.75 Å². The summed E-state index contributed by atoms with van der Waals surface area (Å²) in [5.41, 5.74) is 0. The third kappa shape index (κ3) is 4.18. The van der Waals surface area contributed by atoms with Crippen LogP contribution in [0.4, 0.5) is 0 Å². The van der Waals surface area contributed by atoms with E-state index in [1.54, 1.807) is 12.1 Å². The molecule has 0 spiro atoms. The van der Waals surface area contributed by atoms with Gasteiger partial charge in [-0.25, -0.2) is 4.79 Å². The first kappa shape index (κ1) is 15.8. The molecule has 1 heterocycles. The second-order valence-corrected chi connectivity index (χ2v) is 5.76. The summed E-state index contributed by atoms with van der Waals surface area (Å²) in [4.78, 5) is 24.3. The molecule has 1 amide bonds. The van der Waals surface area contributed by atoms with E-state index in [1.807, 2.05) is 12.1 Å². The first-order chi connectivity index (χ1) is 9.97. The fourth-order valence-electron chi connectivity index (χ4n) is 2.25.